The van der Waals surface area contributed by atoms with Crippen LogP contribution in [0.2, 0.25) is 0 Å². The summed E-state index contributed by atoms with van der Waals surface area (Å²) in [5.41, 5.74) is 2.48. The number of ether oxygens (including phenoxy) is 1. The number of thiazole rings is 1. The first-order chi connectivity index (χ1) is 17.7. The molecule has 184 valence electrons. The molecule has 1 N–H and O–H groups in total. The molecule has 0 bridgehead atoms. The Bertz CT molecular complexity index is 1440. The average Bonchev–Trinajstić information content (AvgIpc) is 3.65. The van der Waals surface area contributed by atoms with Gasteiger partial charge in [0.1, 0.15) is 5.75 Å². The van der Waals surface area contributed by atoms with E-state index in [2.05, 4.69) is 57.4 Å². The molecular weight excluding hydrogens is 472 g/mol. The van der Waals surface area contributed by atoms with Crippen LogP contribution in [0, 0.1) is 5.92 Å². The van der Waals surface area contributed by atoms with Crippen molar-refractivity contribution in [2.75, 3.05) is 20.2 Å². The molecule has 7 nitrogen and oxygen atoms in total. The van der Waals surface area contributed by atoms with Crippen LogP contribution < -0.4 is 4.74 Å². The maximum atomic E-state index is 11.3. The van der Waals surface area contributed by atoms with E-state index in [1.165, 1.54) is 21.4 Å². The van der Waals surface area contributed by atoms with E-state index in [1.54, 1.807) is 19.4 Å². The third-order valence-corrected chi connectivity index (χ3v) is 8.05. The van der Waals surface area contributed by atoms with Gasteiger partial charge in [-0.05, 0) is 73.7 Å². The van der Waals surface area contributed by atoms with Gasteiger partial charge in [-0.15, -0.1) is 5.10 Å². The molecule has 36 heavy (non-hydrogen) atoms. The first kappa shape index (κ1) is 22.8. The minimum absolute atomic E-state index is 0.113. The first-order valence-corrected chi connectivity index (χ1v) is 13.1. The van der Waals surface area contributed by atoms with Crippen molar-refractivity contribution < 1.29 is 14.3 Å². The highest BCUT2D eigenvalue weighted by atomic mass is 32.1. The first-order valence-electron chi connectivity index (χ1n) is 12.2. The fourth-order valence-corrected chi connectivity index (χ4v) is 6.26. The van der Waals surface area contributed by atoms with Gasteiger partial charge in [0.05, 0.1) is 24.3 Å². The van der Waals surface area contributed by atoms with Gasteiger partial charge in [-0.25, -0.2) is 0 Å². The maximum Gasteiger partial charge on any atom is 0.230 e. The Hall–Kier alpha value is -3.62. The van der Waals surface area contributed by atoms with Crippen LogP contribution >= 0.6 is 11.3 Å². The van der Waals surface area contributed by atoms with Crippen molar-refractivity contribution in [1.82, 2.24) is 19.5 Å². The molecule has 0 saturated carbocycles. The van der Waals surface area contributed by atoms with Crippen LogP contribution in [0.5, 0.6) is 11.6 Å². The highest BCUT2D eigenvalue weighted by Gasteiger charge is 2.32. The molecule has 1 aliphatic heterocycles. The quantitative estimate of drug-likeness (QED) is 0.304. The van der Waals surface area contributed by atoms with Crippen molar-refractivity contribution in [3.63, 3.8) is 0 Å². The van der Waals surface area contributed by atoms with Crippen LogP contribution in [-0.4, -0.2) is 44.8 Å². The van der Waals surface area contributed by atoms with Crippen molar-refractivity contribution in [3.8, 4) is 23.2 Å². The fourth-order valence-electron chi connectivity index (χ4n) is 5.14. The molecule has 0 amide bonds. The van der Waals surface area contributed by atoms with Crippen LogP contribution in [0.4, 0.5) is 0 Å². The molecule has 3 aromatic heterocycles. The summed E-state index contributed by atoms with van der Waals surface area (Å²) in [4.78, 5) is 8.57. The normalized spacial score (nSPS) is 15.9. The second kappa shape index (κ2) is 9.79. The number of aromatic nitrogens is 3. The number of likely N-dealkylation sites (tertiary alicyclic amines) is 1. The van der Waals surface area contributed by atoms with Crippen molar-refractivity contribution in [2.24, 2.45) is 5.92 Å². The summed E-state index contributed by atoms with van der Waals surface area (Å²) in [6, 6.07) is 22.4. The SMILES string of the molecule is COc1cccc([C@@H](c2sc3nc(-c4ccco4)nn3c2O)N2CCC(Cc3ccccc3)CC2)c1. The molecule has 1 atom stereocenters. The molecule has 0 radical (unpaired) electrons. The van der Waals surface area contributed by atoms with Crippen LogP contribution in [0.25, 0.3) is 16.5 Å². The zero-order valence-electron chi connectivity index (χ0n) is 20.1. The van der Waals surface area contributed by atoms with Gasteiger partial charge in [0.2, 0.25) is 16.7 Å². The second-order valence-corrected chi connectivity index (χ2v) is 10.3. The number of piperidine rings is 1. The number of methoxy groups -OCH3 is 1. The summed E-state index contributed by atoms with van der Waals surface area (Å²) >= 11 is 1.47. The third kappa shape index (κ3) is 4.38. The predicted molar refractivity (Wildman–Crippen MR) is 140 cm³/mol. The fraction of sp³-hybridized carbons (Fsp3) is 0.286. The van der Waals surface area contributed by atoms with E-state index in [0.717, 1.165) is 48.5 Å². The second-order valence-electron chi connectivity index (χ2n) is 9.25. The number of nitrogens with zero attached hydrogens (tertiary/aromatic N) is 4. The Morgan fingerprint density at radius 2 is 1.92 bits per heavy atom. The minimum Gasteiger partial charge on any atom is -0.497 e. The van der Waals surface area contributed by atoms with Gasteiger partial charge in [-0.1, -0.05) is 53.8 Å². The van der Waals surface area contributed by atoms with Gasteiger partial charge in [-0.2, -0.15) is 9.50 Å². The molecule has 8 heteroatoms. The highest BCUT2D eigenvalue weighted by molar-refractivity contribution is 7.17. The molecule has 1 fully saturated rings. The molecule has 5 aromatic rings. The lowest BCUT2D eigenvalue weighted by Crippen LogP contribution is -2.37. The van der Waals surface area contributed by atoms with E-state index < -0.39 is 0 Å². The van der Waals surface area contributed by atoms with Gasteiger partial charge in [-0.3, -0.25) is 4.90 Å². The van der Waals surface area contributed by atoms with Crippen molar-refractivity contribution in [2.45, 2.75) is 25.3 Å². The van der Waals surface area contributed by atoms with E-state index in [9.17, 15) is 5.11 Å². The molecule has 2 aromatic carbocycles. The summed E-state index contributed by atoms with van der Waals surface area (Å²) in [6.45, 7) is 1.90. The highest BCUT2D eigenvalue weighted by Crippen LogP contribution is 2.42. The summed E-state index contributed by atoms with van der Waals surface area (Å²) in [5, 5.41) is 15.8. The molecule has 0 aliphatic carbocycles. The standard InChI is InChI=1S/C28H28N4O3S/c1-34-22-10-5-9-21(18-22)24(31-14-12-20(13-15-31)17-19-7-3-2-4-8-19)25-27(33)32-28(36-25)29-26(30-32)23-11-6-16-35-23/h2-11,16,18,20,24,33H,12-15,17H2,1H3/t24-/m0/s1. The predicted octanol–water partition coefficient (Wildman–Crippen LogP) is 5.81. The lowest BCUT2D eigenvalue weighted by Gasteiger charge is -2.37. The molecule has 4 heterocycles. The molecule has 0 spiro atoms. The van der Waals surface area contributed by atoms with E-state index >= 15 is 0 Å². The number of furan rings is 1. The smallest absolute Gasteiger partial charge is 0.230 e. The van der Waals surface area contributed by atoms with Gasteiger partial charge in [0, 0.05) is 0 Å². The Labute approximate surface area is 213 Å². The zero-order valence-corrected chi connectivity index (χ0v) is 20.9. The topological polar surface area (TPSA) is 76.0 Å². The summed E-state index contributed by atoms with van der Waals surface area (Å²) in [6.07, 6.45) is 4.92. The van der Waals surface area contributed by atoms with E-state index in [0.29, 0.717) is 22.5 Å². The van der Waals surface area contributed by atoms with Gasteiger partial charge >= 0.3 is 0 Å². The van der Waals surface area contributed by atoms with E-state index in [4.69, 9.17) is 9.15 Å². The number of hydrogen-bond donors (Lipinski definition) is 1. The van der Waals surface area contributed by atoms with Crippen molar-refractivity contribution >= 4 is 16.3 Å². The number of rotatable bonds is 7. The van der Waals surface area contributed by atoms with Gasteiger partial charge < -0.3 is 14.3 Å². The number of aromatic hydroxyl groups is 1. The zero-order chi connectivity index (χ0) is 24.5. The van der Waals surface area contributed by atoms with Crippen LogP contribution in [0.3, 0.4) is 0 Å². The molecule has 1 saturated heterocycles. The van der Waals surface area contributed by atoms with Crippen LogP contribution in [0.1, 0.15) is 34.9 Å². The number of hydrogen-bond acceptors (Lipinski definition) is 7. The number of fused-ring (bicyclic) bond motifs is 1. The summed E-state index contributed by atoms with van der Waals surface area (Å²) < 4.78 is 12.5. The summed E-state index contributed by atoms with van der Waals surface area (Å²) in [7, 11) is 1.68. The number of benzene rings is 2. The van der Waals surface area contributed by atoms with Gasteiger partial charge in [0.15, 0.2) is 5.76 Å². The van der Waals surface area contributed by atoms with E-state index in [-0.39, 0.29) is 11.9 Å². The van der Waals surface area contributed by atoms with Crippen molar-refractivity contribution in [1.29, 1.82) is 0 Å². The summed E-state index contributed by atoms with van der Waals surface area (Å²) in [5.74, 6) is 2.63. The molecule has 1 aliphatic rings. The molecule has 0 unspecified atom stereocenters. The Kier molecular flexibility index (Phi) is 6.21. The average molecular weight is 501 g/mol. The monoisotopic (exact) mass is 500 g/mol. The lowest BCUT2D eigenvalue weighted by atomic mass is 9.88. The van der Waals surface area contributed by atoms with Crippen LogP contribution in [0.15, 0.2) is 77.4 Å². The largest absolute Gasteiger partial charge is 0.497 e. The van der Waals surface area contributed by atoms with Gasteiger partial charge in [0.25, 0.3) is 0 Å². The Balaban J connectivity index is 1.31. The van der Waals surface area contributed by atoms with Crippen molar-refractivity contribution in [3.05, 3.63) is 89.0 Å². The lowest BCUT2D eigenvalue weighted by molar-refractivity contribution is 0.150. The minimum atomic E-state index is -0.113. The molecule has 6 rings (SSSR count). The van der Waals surface area contributed by atoms with Crippen LogP contribution in [-0.2, 0) is 6.42 Å². The Morgan fingerprint density at radius 1 is 1.08 bits per heavy atom. The Morgan fingerprint density at radius 3 is 2.64 bits per heavy atom. The maximum absolute atomic E-state index is 11.3. The molecular formula is C28H28N4O3S. The third-order valence-electron chi connectivity index (χ3n) is 6.98. The van der Waals surface area contributed by atoms with E-state index in [1.807, 2.05) is 18.2 Å².